The van der Waals surface area contributed by atoms with Crippen LogP contribution in [-0.2, 0) is 33.2 Å². The van der Waals surface area contributed by atoms with E-state index in [-0.39, 0.29) is 18.0 Å². The number of likely N-dealkylation sites (tertiary alicyclic amines) is 1. The number of halogens is 3. The topological polar surface area (TPSA) is 111 Å². The van der Waals surface area contributed by atoms with E-state index in [1.165, 1.54) is 23.1 Å². The fourth-order valence-corrected chi connectivity index (χ4v) is 4.62. The Kier molecular flexibility index (Phi) is 6.94. The summed E-state index contributed by atoms with van der Waals surface area (Å²) in [6.07, 6.45) is 1.40. The van der Waals surface area contributed by atoms with E-state index in [2.05, 4.69) is 14.5 Å². The molecule has 0 aliphatic carbocycles. The van der Waals surface area contributed by atoms with Crippen molar-refractivity contribution in [3.8, 4) is 5.75 Å². The number of rotatable bonds is 7. The van der Waals surface area contributed by atoms with Crippen LogP contribution in [0, 0.1) is 0 Å². The largest absolute Gasteiger partial charge is 0.534 e. The molecule has 0 radical (unpaired) electrons. The number of carbonyl (C=O) groups excluding carboxylic acids is 2. The predicted molar refractivity (Wildman–Crippen MR) is 124 cm³/mol. The third-order valence-electron chi connectivity index (χ3n) is 5.95. The van der Waals surface area contributed by atoms with Gasteiger partial charge in [-0.2, -0.15) is 21.6 Å². The summed E-state index contributed by atoms with van der Waals surface area (Å²) >= 11 is 0. The molecular formula is C23H23F3N4O5S. The lowest BCUT2D eigenvalue weighted by atomic mass is 10.1. The molecule has 0 spiro atoms. The van der Waals surface area contributed by atoms with Crippen LogP contribution in [0.25, 0.3) is 11.0 Å². The molecule has 9 nitrogen and oxygen atoms in total. The van der Waals surface area contributed by atoms with Gasteiger partial charge in [-0.1, -0.05) is 24.3 Å². The maximum Gasteiger partial charge on any atom is 0.534 e. The second-order valence-corrected chi connectivity index (χ2v) is 9.83. The zero-order chi connectivity index (χ0) is 26.1. The zero-order valence-corrected chi connectivity index (χ0v) is 20.0. The first kappa shape index (κ1) is 25.5. The number of benzene rings is 2. The SMILES string of the molecule is Cn1c(CCC(=O)N2CCC[C@@H]2C(=O)Nc2ccccc2OS(=O)(=O)C(F)(F)F)nc2ccccc21. The second kappa shape index (κ2) is 9.80. The number of para-hydroxylation sites is 4. The zero-order valence-electron chi connectivity index (χ0n) is 19.2. The summed E-state index contributed by atoms with van der Waals surface area (Å²) in [6.45, 7) is 0.347. The number of nitrogens with zero attached hydrogens (tertiary/aromatic N) is 3. The minimum Gasteiger partial charge on any atom is -0.374 e. The number of amides is 2. The van der Waals surface area contributed by atoms with Gasteiger partial charge in [0, 0.05) is 26.4 Å². The molecule has 1 aromatic heterocycles. The van der Waals surface area contributed by atoms with Crippen LogP contribution >= 0.6 is 0 Å². The van der Waals surface area contributed by atoms with E-state index in [0.717, 1.165) is 22.9 Å². The number of nitrogens with one attached hydrogen (secondary N) is 1. The van der Waals surface area contributed by atoms with E-state index >= 15 is 0 Å². The van der Waals surface area contributed by atoms with Crippen molar-refractivity contribution in [1.29, 1.82) is 0 Å². The Morgan fingerprint density at radius 3 is 2.56 bits per heavy atom. The lowest BCUT2D eigenvalue weighted by Gasteiger charge is -2.24. The molecule has 1 fully saturated rings. The minimum absolute atomic E-state index is 0.116. The lowest BCUT2D eigenvalue weighted by Crippen LogP contribution is -2.43. The van der Waals surface area contributed by atoms with Gasteiger partial charge in [0.15, 0.2) is 5.75 Å². The molecule has 1 saturated heterocycles. The highest BCUT2D eigenvalue weighted by Gasteiger charge is 2.49. The second-order valence-electron chi connectivity index (χ2n) is 8.29. The molecule has 1 aliphatic heterocycles. The van der Waals surface area contributed by atoms with Crippen molar-refractivity contribution < 1.29 is 35.4 Å². The number of carbonyl (C=O) groups is 2. The molecule has 0 bridgehead atoms. The molecule has 4 rings (SSSR count). The summed E-state index contributed by atoms with van der Waals surface area (Å²) in [5.74, 6) is -0.865. The van der Waals surface area contributed by atoms with E-state index in [1.54, 1.807) is 0 Å². The number of alkyl halides is 3. The molecule has 3 aromatic rings. The van der Waals surface area contributed by atoms with Crippen molar-refractivity contribution >= 4 is 38.7 Å². The smallest absolute Gasteiger partial charge is 0.374 e. The number of fused-ring (bicyclic) bond motifs is 1. The van der Waals surface area contributed by atoms with Crippen molar-refractivity contribution in [2.75, 3.05) is 11.9 Å². The first-order valence-corrected chi connectivity index (χ1v) is 12.5. The van der Waals surface area contributed by atoms with Crippen molar-refractivity contribution in [2.45, 2.75) is 37.2 Å². The van der Waals surface area contributed by atoms with Gasteiger partial charge in [-0.3, -0.25) is 9.59 Å². The third kappa shape index (κ3) is 5.15. The van der Waals surface area contributed by atoms with Gasteiger partial charge in [0.05, 0.1) is 16.7 Å². The van der Waals surface area contributed by atoms with Crippen LogP contribution in [0.15, 0.2) is 48.5 Å². The van der Waals surface area contributed by atoms with Crippen LogP contribution in [0.4, 0.5) is 18.9 Å². The van der Waals surface area contributed by atoms with E-state index in [1.807, 2.05) is 35.9 Å². The summed E-state index contributed by atoms with van der Waals surface area (Å²) in [5.41, 5.74) is -4.13. The van der Waals surface area contributed by atoms with Crippen molar-refractivity contribution in [3.63, 3.8) is 0 Å². The summed E-state index contributed by atoms with van der Waals surface area (Å²) in [7, 11) is -4.06. The van der Waals surface area contributed by atoms with Gasteiger partial charge >= 0.3 is 15.6 Å². The maximum absolute atomic E-state index is 13.0. The molecule has 192 valence electrons. The predicted octanol–water partition coefficient (Wildman–Crippen LogP) is 3.36. The maximum atomic E-state index is 13.0. The molecule has 13 heteroatoms. The van der Waals surface area contributed by atoms with Crippen LogP contribution < -0.4 is 9.50 Å². The van der Waals surface area contributed by atoms with Gasteiger partial charge in [0.25, 0.3) is 0 Å². The molecule has 1 atom stereocenters. The number of aromatic nitrogens is 2. The van der Waals surface area contributed by atoms with Gasteiger partial charge in [0.2, 0.25) is 11.8 Å². The quantitative estimate of drug-likeness (QED) is 0.375. The van der Waals surface area contributed by atoms with Gasteiger partial charge in [-0.05, 0) is 37.1 Å². The van der Waals surface area contributed by atoms with Crippen molar-refractivity contribution in [3.05, 3.63) is 54.4 Å². The van der Waals surface area contributed by atoms with Gasteiger partial charge in [-0.15, -0.1) is 0 Å². The Bertz CT molecular complexity index is 1400. The molecule has 2 amide bonds. The molecule has 0 saturated carbocycles. The van der Waals surface area contributed by atoms with Crippen LogP contribution in [0.1, 0.15) is 25.1 Å². The number of imidazole rings is 1. The van der Waals surface area contributed by atoms with E-state index < -0.39 is 33.3 Å². The average molecular weight is 525 g/mol. The first-order chi connectivity index (χ1) is 17.0. The number of aryl methyl sites for hydroxylation is 2. The molecule has 2 aromatic carbocycles. The van der Waals surface area contributed by atoms with E-state index in [4.69, 9.17) is 0 Å². The highest BCUT2D eigenvalue weighted by atomic mass is 32.2. The summed E-state index contributed by atoms with van der Waals surface area (Å²) < 4.78 is 67.1. The molecule has 0 unspecified atom stereocenters. The molecule has 1 aliphatic rings. The Morgan fingerprint density at radius 1 is 1.14 bits per heavy atom. The molecule has 1 N–H and O–H groups in total. The molecular weight excluding hydrogens is 501 g/mol. The average Bonchev–Trinajstić information content (AvgIpc) is 3.43. The van der Waals surface area contributed by atoms with Crippen LogP contribution in [0.3, 0.4) is 0 Å². The third-order valence-corrected chi connectivity index (χ3v) is 6.91. The van der Waals surface area contributed by atoms with Gasteiger partial charge in [0.1, 0.15) is 11.9 Å². The van der Waals surface area contributed by atoms with Gasteiger partial charge < -0.3 is 19.0 Å². The molecule has 2 heterocycles. The fourth-order valence-electron chi connectivity index (χ4n) is 4.14. The van der Waals surface area contributed by atoms with Crippen LogP contribution in [0.5, 0.6) is 5.75 Å². The van der Waals surface area contributed by atoms with Crippen molar-refractivity contribution in [2.24, 2.45) is 7.05 Å². The number of hydrogen-bond acceptors (Lipinski definition) is 6. The van der Waals surface area contributed by atoms with Crippen LogP contribution in [-0.4, -0.2) is 52.8 Å². The summed E-state index contributed by atoms with van der Waals surface area (Å²) in [5, 5.41) is 2.41. The Hall–Kier alpha value is -3.61. The fraction of sp³-hybridized carbons (Fsp3) is 0.348. The van der Waals surface area contributed by atoms with Gasteiger partial charge in [-0.25, -0.2) is 4.98 Å². The molecule has 36 heavy (non-hydrogen) atoms. The van der Waals surface area contributed by atoms with Crippen molar-refractivity contribution in [1.82, 2.24) is 14.5 Å². The van der Waals surface area contributed by atoms with Crippen LogP contribution in [0.2, 0.25) is 0 Å². The monoisotopic (exact) mass is 524 g/mol. The number of anilines is 1. The Labute approximate surface area is 205 Å². The Morgan fingerprint density at radius 2 is 1.83 bits per heavy atom. The Balaban J connectivity index is 1.43. The number of hydrogen-bond donors (Lipinski definition) is 1. The minimum atomic E-state index is -5.92. The van der Waals surface area contributed by atoms with E-state index in [9.17, 15) is 31.2 Å². The normalized spacial score (nSPS) is 16.3. The van der Waals surface area contributed by atoms with E-state index in [0.29, 0.717) is 25.8 Å². The summed E-state index contributed by atoms with van der Waals surface area (Å²) in [4.78, 5) is 31.9. The highest BCUT2D eigenvalue weighted by molar-refractivity contribution is 7.88. The first-order valence-electron chi connectivity index (χ1n) is 11.1. The standard InChI is InChI=1S/C23H23F3N4O5S/c1-29-17-9-4-2-7-15(17)27-20(29)12-13-21(31)30-14-6-10-18(30)22(32)28-16-8-3-5-11-19(16)35-36(33,34)23(24,25)26/h2-5,7-9,11,18H,6,10,12-14H2,1H3,(H,28,32)/t18-/m1/s1. The summed E-state index contributed by atoms with van der Waals surface area (Å²) in [6, 6.07) is 11.6. The lowest BCUT2D eigenvalue weighted by molar-refractivity contribution is -0.136. The highest BCUT2D eigenvalue weighted by Crippen LogP contribution is 2.32.